The Bertz CT molecular complexity index is 653. The van der Waals surface area contributed by atoms with E-state index in [0.29, 0.717) is 31.1 Å². The van der Waals surface area contributed by atoms with Gasteiger partial charge in [0.25, 0.3) is 5.91 Å². The van der Waals surface area contributed by atoms with Gasteiger partial charge >= 0.3 is 0 Å². The fraction of sp³-hybridized carbons (Fsp3) is 0.211. The number of carbonyl (C=O) groups excluding carboxylic acids is 1. The van der Waals surface area contributed by atoms with Gasteiger partial charge in [0, 0.05) is 17.7 Å². The second kappa shape index (κ2) is 8.76. The van der Waals surface area contributed by atoms with Gasteiger partial charge in [0.1, 0.15) is 5.75 Å². The molecular formula is C19H21NO3. The van der Waals surface area contributed by atoms with Crippen LogP contribution in [0.1, 0.15) is 21.5 Å². The Morgan fingerprint density at radius 1 is 1.17 bits per heavy atom. The van der Waals surface area contributed by atoms with Crippen molar-refractivity contribution < 1.29 is 14.3 Å². The number of rotatable bonds is 8. The van der Waals surface area contributed by atoms with E-state index in [1.54, 1.807) is 31.4 Å². The zero-order chi connectivity index (χ0) is 16.5. The Hall–Kier alpha value is -2.59. The lowest BCUT2D eigenvalue weighted by atomic mass is 10.1. The van der Waals surface area contributed by atoms with Crippen molar-refractivity contribution in [1.82, 2.24) is 5.32 Å². The quantitative estimate of drug-likeness (QED) is 0.761. The van der Waals surface area contributed by atoms with Crippen LogP contribution in [0.25, 0.3) is 0 Å². The van der Waals surface area contributed by atoms with Crippen LogP contribution in [0.4, 0.5) is 0 Å². The molecule has 0 aliphatic heterocycles. The summed E-state index contributed by atoms with van der Waals surface area (Å²) in [5, 5.41) is 2.76. The average Bonchev–Trinajstić information content (AvgIpc) is 2.60. The first-order chi connectivity index (χ1) is 11.2. The third-order valence-electron chi connectivity index (χ3n) is 3.32. The molecule has 0 aliphatic carbocycles. The molecule has 0 atom stereocenters. The smallest absolute Gasteiger partial charge is 0.251 e. The van der Waals surface area contributed by atoms with E-state index in [1.807, 2.05) is 30.3 Å². The summed E-state index contributed by atoms with van der Waals surface area (Å²) >= 11 is 0. The standard InChI is InChI=1S/C19H21NO3/c1-3-11-20-19(21)16-9-10-18(22-2)17(12-16)14-23-13-15-7-5-4-6-8-15/h3-10,12H,1,11,13-14H2,2H3,(H,20,21). The van der Waals surface area contributed by atoms with Gasteiger partial charge in [-0.2, -0.15) is 0 Å². The highest BCUT2D eigenvalue weighted by molar-refractivity contribution is 5.94. The van der Waals surface area contributed by atoms with Gasteiger partial charge < -0.3 is 14.8 Å². The molecule has 4 nitrogen and oxygen atoms in total. The molecule has 0 saturated carbocycles. The van der Waals surface area contributed by atoms with Crippen LogP contribution in [-0.4, -0.2) is 19.6 Å². The summed E-state index contributed by atoms with van der Waals surface area (Å²) in [5.74, 6) is 0.565. The summed E-state index contributed by atoms with van der Waals surface area (Å²) in [5.41, 5.74) is 2.52. The highest BCUT2D eigenvalue weighted by Gasteiger charge is 2.10. The maximum absolute atomic E-state index is 12.0. The van der Waals surface area contributed by atoms with Crippen molar-refractivity contribution in [2.75, 3.05) is 13.7 Å². The first-order valence-electron chi connectivity index (χ1n) is 7.42. The minimum Gasteiger partial charge on any atom is -0.496 e. The molecule has 1 N–H and O–H groups in total. The molecule has 0 radical (unpaired) electrons. The zero-order valence-electron chi connectivity index (χ0n) is 13.2. The summed E-state index contributed by atoms with van der Waals surface area (Å²) in [6, 6.07) is 15.3. The summed E-state index contributed by atoms with van der Waals surface area (Å²) in [6.45, 7) is 4.91. The highest BCUT2D eigenvalue weighted by atomic mass is 16.5. The van der Waals surface area contributed by atoms with E-state index in [1.165, 1.54) is 0 Å². The van der Waals surface area contributed by atoms with Crippen LogP contribution in [0.2, 0.25) is 0 Å². The van der Waals surface area contributed by atoms with Crippen LogP contribution in [0.15, 0.2) is 61.2 Å². The molecule has 4 heteroatoms. The minimum absolute atomic E-state index is 0.142. The number of hydrogen-bond acceptors (Lipinski definition) is 3. The van der Waals surface area contributed by atoms with Crippen molar-refractivity contribution in [3.63, 3.8) is 0 Å². The normalized spacial score (nSPS) is 10.1. The number of hydrogen-bond donors (Lipinski definition) is 1. The lowest BCUT2D eigenvalue weighted by Gasteiger charge is -2.11. The van der Waals surface area contributed by atoms with Crippen molar-refractivity contribution in [1.29, 1.82) is 0 Å². The van der Waals surface area contributed by atoms with Crippen LogP contribution >= 0.6 is 0 Å². The number of nitrogens with one attached hydrogen (secondary N) is 1. The van der Waals surface area contributed by atoms with Crippen molar-refractivity contribution in [2.24, 2.45) is 0 Å². The number of amides is 1. The van der Waals surface area contributed by atoms with Crippen molar-refractivity contribution in [2.45, 2.75) is 13.2 Å². The molecule has 0 aliphatic rings. The molecule has 120 valence electrons. The van der Waals surface area contributed by atoms with Crippen molar-refractivity contribution >= 4 is 5.91 Å². The van der Waals surface area contributed by atoms with Gasteiger partial charge in [0.2, 0.25) is 0 Å². The number of carbonyl (C=O) groups is 1. The minimum atomic E-state index is -0.142. The predicted octanol–water partition coefficient (Wildman–Crippen LogP) is 3.33. The van der Waals surface area contributed by atoms with E-state index >= 15 is 0 Å². The molecule has 0 heterocycles. The Labute approximate surface area is 136 Å². The van der Waals surface area contributed by atoms with E-state index in [-0.39, 0.29) is 5.91 Å². The molecule has 0 aromatic heterocycles. The second-order valence-electron chi connectivity index (χ2n) is 5.00. The van der Waals surface area contributed by atoms with E-state index in [0.717, 1.165) is 11.1 Å². The largest absolute Gasteiger partial charge is 0.496 e. The molecule has 2 aromatic carbocycles. The Kier molecular flexibility index (Phi) is 6.39. The van der Waals surface area contributed by atoms with Gasteiger partial charge in [-0.25, -0.2) is 0 Å². The lowest BCUT2D eigenvalue weighted by Crippen LogP contribution is -2.23. The Balaban J connectivity index is 2.03. The Morgan fingerprint density at radius 2 is 1.96 bits per heavy atom. The van der Waals surface area contributed by atoms with E-state index in [4.69, 9.17) is 9.47 Å². The number of benzene rings is 2. The maximum Gasteiger partial charge on any atom is 0.251 e. The molecule has 0 saturated heterocycles. The second-order valence-corrected chi connectivity index (χ2v) is 5.00. The number of methoxy groups -OCH3 is 1. The van der Waals surface area contributed by atoms with Crippen LogP contribution in [-0.2, 0) is 18.0 Å². The molecule has 0 bridgehead atoms. The van der Waals surface area contributed by atoms with Crippen LogP contribution in [0.3, 0.4) is 0 Å². The number of ether oxygens (including phenoxy) is 2. The molecule has 1 amide bonds. The fourth-order valence-corrected chi connectivity index (χ4v) is 2.15. The predicted molar refractivity (Wildman–Crippen MR) is 90.5 cm³/mol. The molecule has 2 rings (SSSR count). The van der Waals surface area contributed by atoms with Crippen molar-refractivity contribution in [3.05, 3.63) is 77.9 Å². The Morgan fingerprint density at radius 3 is 2.65 bits per heavy atom. The van der Waals surface area contributed by atoms with Crippen LogP contribution in [0.5, 0.6) is 5.75 Å². The summed E-state index contributed by atoms with van der Waals surface area (Å²) in [4.78, 5) is 12.0. The topological polar surface area (TPSA) is 47.6 Å². The fourth-order valence-electron chi connectivity index (χ4n) is 2.15. The third-order valence-corrected chi connectivity index (χ3v) is 3.32. The summed E-state index contributed by atoms with van der Waals surface area (Å²) in [6.07, 6.45) is 1.64. The lowest BCUT2D eigenvalue weighted by molar-refractivity contribution is 0.0955. The molecule has 0 spiro atoms. The summed E-state index contributed by atoms with van der Waals surface area (Å²) < 4.78 is 11.1. The average molecular weight is 311 g/mol. The van der Waals surface area contributed by atoms with Gasteiger partial charge in [-0.1, -0.05) is 36.4 Å². The van der Waals surface area contributed by atoms with Crippen LogP contribution in [0, 0.1) is 0 Å². The van der Waals surface area contributed by atoms with Gasteiger partial charge in [0.15, 0.2) is 0 Å². The van der Waals surface area contributed by atoms with Gasteiger partial charge in [-0.05, 0) is 23.8 Å². The van der Waals surface area contributed by atoms with E-state index in [2.05, 4.69) is 11.9 Å². The van der Waals surface area contributed by atoms with Gasteiger partial charge in [0.05, 0.1) is 20.3 Å². The maximum atomic E-state index is 12.0. The first-order valence-corrected chi connectivity index (χ1v) is 7.42. The molecule has 23 heavy (non-hydrogen) atoms. The zero-order valence-corrected chi connectivity index (χ0v) is 13.2. The van der Waals surface area contributed by atoms with Gasteiger partial charge in [-0.3, -0.25) is 4.79 Å². The van der Waals surface area contributed by atoms with Gasteiger partial charge in [-0.15, -0.1) is 6.58 Å². The first kappa shape index (κ1) is 16.8. The van der Waals surface area contributed by atoms with Crippen molar-refractivity contribution in [3.8, 4) is 5.75 Å². The third kappa shape index (κ3) is 4.97. The molecule has 0 fully saturated rings. The molecule has 2 aromatic rings. The summed E-state index contributed by atoms with van der Waals surface area (Å²) in [7, 11) is 1.60. The molecular weight excluding hydrogens is 290 g/mol. The van der Waals surface area contributed by atoms with Crippen LogP contribution < -0.4 is 10.1 Å². The monoisotopic (exact) mass is 311 g/mol. The van der Waals surface area contributed by atoms with E-state index < -0.39 is 0 Å². The van der Waals surface area contributed by atoms with E-state index in [9.17, 15) is 4.79 Å². The molecule has 0 unspecified atom stereocenters. The highest BCUT2D eigenvalue weighted by Crippen LogP contribution is 2.21. The SMILES string of the molecule is C=CCNC(=O)c1ccc(OC)c(COCc2ccccc2)c1.